The standard InChI is InChI=1S/C22H39O4PS.Na.H/c1-5-9-14-20(7-3)18-27(23,19-21(8-4)15-10-6-2)26-28(24,25)22-16-12-11-13-17-22;;/h11-13,16-17,20-21H,5-10,14-15,18-19H2,1-4H3;;. The Balaban J connectivity index is 0.00000784. The number of benzene rings is 1. The third-order valence-corrected chi connectivity index (χ3v) is 10.3. The van der Waals surface area contributed by atoms with Crippen LogP contribution in [-0.2, 0) is 18.7 Å². The van der Waals surface area contributed by atoms with Gasteiger partial charge in [0.25, 0.3) is 0 Å². The molecule has 7 heteroatoms. The van der Waals surface area contributed by atoms with Crippen molar-refractivity contribution in [3.05, 3.63) is 30.3 Å². The maximum absolute atomic E-state index is 13.9. The van der Waals surface area contributed by atoms with E-state index in [1.165, 1.54) is 12.1 Å². The fourth-order valence-electron chi connectivity index (χ4n) is 3.57. The van der Waals surface area contributed by atoms with Crippen molar-refractivity contribution in [1.29, 1.82) is 0 Å². The monoisotopic (exact) mass is 454 g/mol. The first-order valence-corrected chi connectivity index (χ1v) is 14.3. The molecular weight excluding hydrogens is 414 g/mol. The molecule has 1 aromatic rings. The molecule has 2 unspecified atom stereocenters. The van der Waals surface area contributed by atoms with Crippen LogP contribution in [0.5, 0.6) is 0 Å². The Hall–Kier alpha value is 0.360. The average Bonchev–Trinajstić information content (AvgIpc) is 2.68. The minimum atomic E-state index is -4.03. The van der Waals surface area contributed by atoms with Crippen molar-refractivity contribution in [1.82, 2.24) is 0 Å². The van der Waals surface area contributed by atoms with Crippen molar-refractivity contribution in [3.63, 3.8) is 0 Å². The van der Waals surface area contributed by atoms with Gasteiger partial charge in [0.1, 0.15) is 0 Å². The second-order valence-electron chi connectivity index (χ2n) is 7.85. The first kappa shape index (κ1) is 29.4. The summed E-state index contributed by atoms with van der Waals surface area (Å²) in [6.07, 6.45) is 8.74. The molecule has 0 bridgehead atoms. The van der Waals surface area contributed by atoms with Gasteiger partial charge in [0.2, 0.25) is 7.37 Å². The van der Waals surface area contributed by atoms with Crippen LogP contribution in [0, 0.1) is 11.8 Å². The van der Waals surface area contributed by atoms with Gasteiger partial charge < -0.3 is 0 Å². The van der Waals surface area contributed by atoms with E-state index in [9.17, 15) is 13.0 Å². The summed E-state index contributed by atoms with van der Waals surface area (Å²) in [7, 11) is -7.35. The number of hydrogen-bond acceptors (Lipinski definition) is 4. The predicted octanol–water partition coefficient (Wildman–Crippen LogP) is 6.45. The number of hydrogen-bond donors (Lipinski definition) is 0. The molecule has 0 N–H and O–H groups in total. The van der Waals surface area contributed by atoms with E-state index in [-0.39, 0.29) is 46.3 Å². The third kappa shape index (κ3) is 11.0. The summed E-state index contributed by atoms with van der Waals surface area (Å²) in [6.45, 7) is 8.45. The van der Waals surface area contributed by atoms with Gasteiger partial charge >= 0.3 is 39.7 Å². The zero-order valence-electron chi connectivity index (χ0n) is 18.1. The van der Waals surface area contributed by atoms with E-state index in [1.54, 1.807) is 18.2 Å². The molecule has 1 aromatic carbocycles. The molecule has 164 valence electrons. The predicted molar refractivity (Wildman–Crippen MR) is 126 cm³/mol. The fourth-order valence-corrected chi connectivity index (χ4v) is 8.92. The van der Waals surface area contributed by atoms with E-state index < -0.39 is 17.5 Å². The van der Waals surface area contributed by atoms with Crippen molar-refractivity contribution in [2.24, 2.45) is 11.8 Å². The molecule has 0 saturated carbocycles. The van der Waals surface area contributed by atoms with Gasteiger partial charge in [-0.15, -0.1) is 0 Å². The molecule has 0 aromatic heterocycles. The molecule has 0 heterocycles. The molecule has 0 amide bonds. The summed E-state index contributed by atoms with van der Waals surface area (Å²) >= 11 is 0. The third-order valence-electron chi connectivity index (χ3n) is 5.43. The van der Waals surface area contributed by atoms with Crippen molar-refractivity contribution in [2.75, 3.05) is 12.3 Å². The molecule has 2 atom stereocenters. The van der Waals surface area contributed by atoms with Crippen LogP contribution < -0.4 is 0 Å². The van der Waals surface area contributed by atoms with Crippen molar-refractivity contribution in [3.8, 4) is 0 Å². The second kappa shape index (κ2) is 15.2. The van der Waals surface area contributed by atoms with E-state index in [1.807, 2.05) is 0 Å². The van der Waals surface area contributed by atoms with Crippen molar-refractivity contribution < 1.29 is 17.0 Å². The van der Waals surface area contributed by atoms with Crippen LogP contribution in [0.3, 0.4) is 0 Å². The molecule has 1 rings (SSSR count). The zero-order chi connectivity index (χ0) is 21.0. The van der Waals surface area contributed by atoms with Crippen LogP contribution in [0.2, 0.25) is 0 Å². The Bertz CT molecular complexity index is 672. The van der Waals surface area contributed by atoms with Gasteiger partial charge in [-0.05, 0) is 36.8 Å². The first-order valence-electron chi connectivity index (χ1n) is 10.9. The molecule has 4 nitrogen and oxygen atoms in total. The van der Waals surface area contributed by atoms with Crippen molar-refractivity contribution >= 4 is 47.0 Å². The van der Waals surface area contributed by atoms with Crippen LogP contribution in [0.4, 0.5) is 0 Å². The quantitative estimate of drug-likeness (QED) is 0.226. The Morgan fingerprint density at radius 3 is 1.69 bits per heavy atom. The SMILES string of the molecule is CCCCC(CC)CP(=O)(CC(CC)CCCC)OS(=O)(=O)c1ccccc1.[NaH]. The van der Waals surface area contributed by atoms with E-state index in [0.29, 0.717) is 12.3 Å². The molecule has 0 spiro atoms. The topological polar surface area (TPSA) is 60.4 Å². The van der Waals surface area contributed by atoms with Gasteiger partial charge in [-0.25, -0.2) is 3.97 Å². The molecule has 0 fully saturated rings. The fraction of sp³-hybridized carbons (Fsp3) is 0.727. The van der Waals surface area contributed by atoms with Gasteiger partial charge in [-0.2, -0.15) is 8.42 Å². The van der Waals surface area contributed by atoms with Crippen LogP contribution in [0.25, 0.3) is 0 Å². The van der Waals surface area contributed by atoms with E-state index in [4.69, 9.17) is 3.97 Å². The van der Waals surface area contributed by atoms with Gasteiger partial charge in [0.05, 0.1) is 4.90 Å². The summed E-state index contributed by atoms with van der Waals surface area (Å²) in [6, 6.07) is 8.08. The minimum absolute atomic E-state index is 0. The summed E-state index contributed by atoms with van der Waals surface area (Å²) in [5.41, 5.74) is 0. The summed E-state index contributed by atoms with van der Waals surface area (Å²) in [4.78, 5) is 0.0819. The Labute approximate surface area is 201 Å². The normalized spacial score (nSPS) is 15.9. The zero-order valence-corrected chi connectivity index (χ0v) is 19.8. The van der Waals surface area contributed by atoms with Crippen molar-refractivity contribution in [2.45, 2.75) is 84.0 Å². The summed E-state index contributed by atoms with van der Waals surface area (Å²) < 4.78 is 45.1. The van der Waals surface area contributed by atoms with Crippen LogP contribution in [-0.4, -0.2) is 50.3 Å². The Morgan fingerprint density at radius 1 is 0.862 bits per heavy atom. The van der Waals surface area contributed by atoms with Gasteiger partial charge in [0.15, 0.2) is 0 Å². The second-order valence-corrected chi connectivity index (χ2v) is 12.2. The molecule has 0 radical (unpaired) electrons. The van der Waals surface area contributed by atoms with Gasteiger partial charge in [0, 0.05) is 12.3 Å². The molecule has 0 saturated heterocycles. The number of unbranched alkanes of at least 4 members (excludes halogenated alkanes) is 2. The molecule has 0 aliphatic carbocycles. The van der Waals surface area contributed by atoms with Gasteiger partial charge in [-0.1, -0.05) is 84.4 Å². The molecule has 29 heavy (non-hydrogen) atoms. The summed E-state index contributed by atoms with van der Waals surface area (Å²) in [5, 5.41) is 0. The van der Waals surface area contributed by atoms with Crippen LogP contribution >= 0.6 is 7.37 Å². The molecule has 0 aliphatic rings. The Kier molecular flexibility index (Phi) is 15.4. The van der Waals surface area contributed by atoms with E-state index in [0.717, 1.165) is 51.4 Å². The van der Waals surface area contributed by atoms with E-state index in [2.05, 4.69) is 27.7 Å². The van der Waals surface area contributed by atoms with Gasteiger partial charge in [-0.3, -0.25) is 4.57 Å². The Morgan fingerprint density at radius 2 is 1.31 bits per heavy atom. The van der Waals surface area contributed by atoms with E-state index >= 15 is 0 Å². The molecule has 0 aliphatic heterocycles. The maximum atomic E-state index is 13.9. The van der Waals surface area contributed by atoms with Crippen LogP contribution in [0.15, 0.2) is 35.2 Å². The molecular formula is C22H40NaO4PS. The first-order chi connectivity index (χ1) is 13.3. The average molecular weight is 455 g/mol. The number of rotatable bonds is 15. The van der Waals surface area contributed by atoms with Crippen LogP contribution in [0.1, 0.15) is 79.1 Å². The summed E-state index contributed by atoms with van der Waals surface area (Å²) in [5.74, 6) is 0.473.